The van der Waals surface area contributed by atoms with Gasteiger partial charge in [0.2, 0.25) is 0 Å². The van der Waals surface area contributed by atoms with Gasteiger partial charge in [-0.2, -0.15) is 15.4 Å². The molecule has 2 aromatic rings. The van der Waals surface area contributed by atoms with Crippen molar-refractivity contribution in [3.63, 3.8) is 0 Å². The molecule has 0 bridgehead atoms. The van der Waals surface area contributed by atoms with Crippen LogP contribution in [0, 0.1) is 5.92 Å². The predicted molar refractivity (Wildman–Crippen MR) is 124 cm³/mol. The Balaban J connectivity index is 1.74. The summed E-state index contributed by atoms with van der Waals surface area (Å²) in [6.07, 6.45) is 18.7. The van der Waals surface area contributed by atoms with E-state index in [1.165, 1.54) is 64.2 Å². The van der Waals surface area contributed by atoms with Crippen molar-refractivity contribution in [2.75, 3.05) is 0 Å². The molecule has 30 heavy (non-hydrogen) atoms. The quantitative estimate of drug-likeness (QED) is 0.226. The van der Waals surface area contributed by atoms with E-state index in [1.54, 1.807) is 6.20 Å². The van der Waals surface area contributed by atoms with E-state index in [-0.39, 0.29) is 17.6 Å². The maximum absolute atomic E-state index is 13.3. The highest BCUT2D eigenvalue weighted by atomic mass is 16.1. The summed E-state index contributed by atoms with van der Waals surface area (Å²) in [4.78, 5) is 13.3. The van der Waals surface area contributed by atoms with Crippen LogP contribution in [0.4, 0.5) is 0 Å². The van der Waals surface area contributed by atoms with Crippen LogP contribution >= 0.6 is 0 Å². The second-order valence-corrected chi connectivity index (χ2v) is 8.31. The monoisotopic (exact) mass is 409 g/mol. The Morgan fingerprint density at radius 2 is 1.57 bits per heavy atom. The van der Waals surface area contributed by atoms with Gasteiger partial charge in [0.25, 0.3) is 0 Å². The molecule has 1 aromatic carbocycles. The van der Waals surface area contributed by atoms with Gasteiger partial charge in [0.05, 0.1) is 17.8 Å². The maximum atomic E-state index is 13.3. The largest absolute Gasteiger partial charge is 0.298 e. The van der Waals surface area contributed by atoms with Crippen LogP contribution < -0.4 is 0 Å². The van der Waals surface area contributed by atoms with Crippen LogP contribution in [0.3, 0.4) is 0 Å². The lowest BCUT2D eigenvalue weighted by Crippen LogP contribution is -2.22. The zero-order chi connectivity index (χ0) is 21.4. The third-order valence-corrected chi connectivity index (χ3v) is 5.92. The molecule has 0 saturated carbocycles. The minimum Gasteiger partial charge on any atom is -0.298 e. The van der Waals surface area contributed by atoms with Crippen LogP contribution in [-0.2, 0) is 4.79 Å². The van der Waals surface area contributed by atoms with Gasteiger partial charge in [0.1, 0.15) is 0 Å². The van der Waals surface area contributed by atoms with Gasteiger partial charge in [0.15, 0.2) is 5.78 Å². The molecular formula is C26H39N3O. The second-order valence-electron chi connectivity index (χ2n) is 8.31. The topological polar surface area (TPSA) is 58.6 Å². The van der Waals surface area contributed by atoms with Crippen LogP contribution in [-0.4, -0.2) is 21.2 Å². The number of carbonyl (C=O) groups excluding carboxylic acids is 1. The number of Topliss-reactive ketones (excluding diaryl/α,β-unsaturated/α-hetero) is 1. The van der Waals surface area contributed by atoms with E-state index in [4.69, 9.17) is 0 Å². The summed E-state index contributed by atoms with van der Waals surface area (Å²) in [5, 5.41) is 10.8. The first-order valence-electron chi connectivity index (χ1n) is 11.8. The number of benzene rings is 1. The number of aromatic amines is 1. The van der Waals surface area contributed by atoms with E-state index in [0.29, 0.717) is 5.69 Å². The van der Waals surface area contributed by atoms with E-state index in [2.05, 4.69) is 28.9 Å². The summed E-state index contributed by atoms with van der Waals surface area (Å²) in [7, 11) is 0. The molecule has 2 unspecified atom stereocenters. The number of ketones is 1. The van der Waals surface area contributed by atoms with Crippen LogP contribution in [0.15, 0.2) is 49.2 Å². The summed E-state index contributed by atoms with van der Waals surface area (Å²) in [5.41, 5.74) is 1.64. The van der Waals surface area contributed by atoms with Crippen molar-refractivity contribution in [2.45, 2.75) is 89.9 Å². The highest BCUT2D eigenvalue weighted by Crippen LogP contribution is 2.29. The van der Waals surface area contributed by atoms with Gasteiger partial charge in [0, 0.05) is 5.92 Å². The van der Waals surface area contributed by atoms with Crippen molar-refractivity contribution in [1.29, 1.82) is 0 Å². The van der Waals surface area contributed by atoms with Gasteiger partial charge < -0.3 is 0 Å². The summed E-state index contributed by atoms with van der Waals surface area (Å²) >= 11 is 0. The summed E-state index contributed by atoms with van der Waals surface area (Å²) in [5.74, 6) is -0.372. The van der Waals surface area contributed by atoms with Crippen LogP contribution in [0.1, 0.15) is 101 Å². The lowest BCUT2D eigenvalue weighted by Gasteiger charge is -2.19. The van der Waals surface area contributed by atoms with E-state index in [9.17, 15) is 4.79 Å². The molecule has 0 radical (unpaired) electrons. The molecule has 1 heterocycles. The maximum Gasteiger partial charge on any atom is 0.153 e. The first-order valence-corrected chi connectivity index (χ1v) is 11.8. The zero-order valence-electron chi connectivity index (χ0n) is 18.7. The average Bonchev–Trinajstić information content (AvgIpc) is 3.30. The van der Waals surface area contributed by atoms with E-state index < -0.39 is 0 Å². The Hall–Kier alpha value is -2.23. The number of aromatic nitrogens is 3. The molecule has 1 N–H and O–H groups in total. The lowest BCUT2D eigenvalue weighted by atomic mass is 9.83. The number of hydrogen-bond acceptors (Lipinski definition) is 3. The van der Waals surface area contributed by atoms with Gasteiger partial charge >= 0.3 is 0 Å². The molecule has 1 aromatic heterocycles. The van der Waals surface area contributed by atoms with E-state index in [1.807, 2.05) is 36.4 Å². The molecule has 0 amide bonds. The molecule has 4 heteroatoms. The number of carbonyl (C=O) groups is 1. The molecule has 0 aliphatic rings. The first kappa shape index (κ1) is 24.0. The second kappa shape index (κ2) is 14.7. The highest BCUT2D eigenvalue weighted by molar-refractivity contribution is 5.91. The Bertz CT molecular complexity index is 696. The molecule has 0 aliphatic carbocycles. The number of nitrogens with zero attached hydrogens (tertiary/aromatic N) is 2. The summed E-state index contributed by atoms with van der Waals surface area (Å²) < 4.78 is 0. The number of unbranched alkanes of at least 4 members (excludes halogenated alkanes) is 10. The lowest BCUT2D eigenvalue weighted by molar-refractivity contribution is -0.122. The van der Waals surface area contributed by atoms with Crippen molar-refractivity contribution in [1.82, 2.24) is 15.4 Å². The molecule has 0 aliphatic heterocycles. The van der Waals surface area contributed by atoms with Crippen molar-refractivity contribution >= 4 is 5.78 Å². The number of rotatable bonds is 17. The zero-order valence-corrected chi connectivity index (χ0v) is 18.7. The van der Waals surface area contributed by atoms with Crippen molar-refractivity contribution in [2.24, 2.45) is 5.92 Å². The molecule has 2 rings (SSSR count). The number of nitrogens with one attached hydrogen (secondary N) is 1. The predicted octanol–water partition coefficient (Wildman–Crippen LogP) is 7.01. The Morgan fingerprint density at radius 3 is 2.10 bits per heavy atom. The Kier molecular flexibility index (Phi) is 11.8. The van der Waals surface area contributed by atoms with Crippen molar-refractivity contribution in [3.8, 4) is 0 Å². The fourth-order valence-electron chi connectivity index (χ4n) is 4.09. The third kappa shape index (κ3) is 8.25. The van der Waals surface area contributed by atoms with E-state index >= 15 is 0 Å². The first-order chi connectivity index (χ1) is 14.8. The fourth-order valence-corrected chi connectivity index (χ4v) is 4.09. The molecule has 164 valence electrons. The smallest absolute Gasteiger partial charge is 0.153 e. The van der Waals surface area contributed by atoms with Gasteiger partial charge in [-0.3, -0.25) is 4.79 Å². The number of hydrogen-bond donors (Lipinski definition) is 1. The van der Waals surface area contributed by atoms with Gasteiger partial charge in [-0.15, -0.1) is 6.58 Å². The van der Waals surface area contributed by atoms with Gasteiger partial charge in [-0.05, 0) is 12.0 Å². The Morgan fingerprint density at radius 1 is 0.967 bits per heavy atom. The summed E-state index contributed by atoms with van der Waals surface area (Å²) in [6.45, 7) is 6.21. The standard InChI is InChI=1S/C26H39N3O/c1-3-5-6-7-8-9-10-11-12-13-15-18-22(4-2)26(30)25(24-21-27-29-28-24)23-19-16-14-17-20-23/h4,14,16-17,19-22,25H,2-3,5-13,15,18H2,1H3,(H,27,28,29). The molecule has 2 atom stereocenters. The molecule has 0 spiro atoms. The van der Waals surface area contributed by atoms with Gasteiger partial charge in [-0.25, -0.2) is 0 Å². The molecular weight excluding hydrogens is 370 g/mol. The third-order valence-electron chi connectivity index (χ3n) is 5.92. The molecule has 0 fully saturated rings. The number of H-pyrrole nitrogens is 1. The average molecular weight is 410 g/mol. The van der Waals surface area contributed by atoms with Crippen LogP contribution in [0.2, 0.25) is 0 Å². The Labute approximate surface area is 182 Å². The molecule has 4 nitrogen and oxygen atoms in total. The van der Waals surface area contributed by atoms with Gasteiger partial charge in [-0.1, -0.05) is 114 Å². The van der Waals surface area contributed by atoms with Crippen LogP contribution in [0.5, 0.6) is 0 Å². The van der Waals surface area contributed by atoms with E-state index in [0.717, 1.165) is 18.4 Å². The van der Waals surface area contributed by atoms with Crippen LogP contribution in [0.25, 0.3) is 0 Å². The minimum atomic E-state index is -0.388. The number of allylic oxidation sites excluding steroid dienone is 1. The van der Waals surface area contributed by atoms with Crippen molar-refractivity contribution in [3.05, 3.63) is 60.4 Å². The molecule has 0 saturated heterocycles. The summed E-state index contributed by atoms with van der Waals surface area (Å²) in [6, 6.07) is 9.86. The highest BCUT2D eigenvalue weighted by Gasteiger charge is 2.29. The normalized spacial score (nSPS) is 13.1. The minimum absolute atomic E-state index is 0.148. The fraction of sp³-hybridized carbons (Fsp3) is 0.577. The van der Waals surface area contributed by atoms with Crippen molar-refractivity contribution < 1.29 is 4.79 Å². The SMILES string of the molecule is C=CC(CCCCCCCCCCCCC)C(=O)C(c1ccccc1)c1cn[nH]n1.